The highest BCUT2D eigenvalue weighted by molar-refractivity contribution is 4.92. The van der Waals surface area contributed by atoms with Crippen LogP contribution < -0.4 is 0 Å². The largest absolute Gasteiger partial charge is 0.380 e. The molecule has 0 aliphatic heterocycles. The maximum Gasteiger partial charge on any atom is 0.146 e. The van der Waals surface area contributed by atoms with Crippen LogP contribution in [0.25, 0.3) is 0 Å². The number of rotatable bonds is 6. The standard InChI is InChI=1S/C8H14O3/c1-3-8(9)5-4-6-11-7-10-2/h1,8-9H,4-7H2,2H3. The Bertz CT molecular complexity index is 117. The van der Waals surface area contributed by atoms with Crippen LogP contribution in [0.15, 0.2) is 0 Å². The first kappa shape index (κ1) is 10.4. The number of aliphatic hydroxyl groups excluding tert-OH is 1. The minimum atomic E-state index is -0.638. The Labute approximate surface area is 67.3 Å². The van der Waals surface area contributed by atoms with E-state index in [1.165, 1.54) is 0 Å². The van der Waals surface area contributed by atoms with E-state index in [9.17, 15) is 0 Å². The Hall–Kier alpha value is -0.560. The summed E-state index contributed by atoms with van der Waals surface area (Å²) in [7, 11) is 1.57. The van der Waals surface area contributed by atoms with E-state index in [-0.39, 0.29) is 0 Å². The normalized spacial score (nSPS) is 12.5. The molecule has 1 unspecified atom stereocenters. The van der Waals surface area contributed by atoms with E-state index in [2.05, 4.69) is 10.7 Å². The first-order valence-electron chi connectivity index (χ1n) is 3.52. The first-order chi connectivity index (χ1) is 5.31. The third-order valence-corrected chi connectivity index (χ3v) is 1.16. The fourth-order valence-electron chi connectivity index (χ4n) is 0.604. The molecule has 0 aliphatic rings. The van der Waals surface area contributed by atoms with Gasteiger partial charge in [-0.25, -0.2) is 0 Å². The van der Waals surface area contributed by atoms with Gasteiger partial charge < -0.3 is 14.6 Å². The number of hydrogen-bond acceptors (Lipinski definition) is 3. The Morgan fingerprint density at radius 3 is 2.91 bits per heavy atom. The lowest BCUT2D eigenvalue weighted by Crippen LogP contribution is -2.05. The Morgan fingerprint density at radius 2 is 2.36 bits per heavy atom. The lowest BCUT2D eigenvalue weighted by molar-refractivity contribution is -0.0328. The molecular weight excluding hydrogens is 144 g/mol. The van der Waals surface area contributed by atoms with Gasteiger partial charge in [0.25, 0.3) is 0 Å². The monoisotopic (exact) mass is 158 g/mol. The van der Waals surface area contributed by atoms with Gasteiger partial charge in [0.1, 0.15) is 12.9 Å². The second-order valence-electron chi connectivity index (χ2n) is 2.14. The minimum absolute atomic E-state index is 0.298. The van der Waals surface area contributed by atoms with E-state index in [1.807, 2.05) is 0 Å². The highest BCUT2D eigenvalue weighted by atomic mass is 16.7. The zero-order valence-electron chi connectivity index (χ0n) is 6.75. The van der Waals surface area contributed by atoms with Gasteiger partial charge in [-0.1, -0.05) is 5.92 Å². The third kappa shape index (κ3) is 7.34. The molecule has 3 nitrogen and oxygen atoms in total. The summed E-state index contributed by atoms with van der Waals surface area (Å²) in [4.78, 5) is 0. The maximum absolute atomic E-state index is 8.89. The number of ether oxygens (including phenoxy) is 2. The molecule has 3 heteroatoms. The summed E-state index contributed by atoms with van der Waals surface area (Å²) < 4.78 is 9.63. The molecule has 64 valence electrons. The van der Waals surface area contributed by atoms with Crippen LogP contribution in [-0.4, -0.2) is 31.7 Å². The zero-order valence-corrected chi connectivity index (χ0v) is 6.75. The smallest absolute Gasteiger partial charge is 0.146 e. The fraction of sp³-hybridized carbons (Fsp3) is 0.750. The van der Waals surface area contributed by atoms with Crippen molar-refractivity contribution in [1.29, 1.82) is 0 Å². The molecule has 0 spiro atoms. The van der Waals surface area contributed by atoms with Crippen LogP contribution in [0.1, 0.15) is 12.8 Å². The molecule has 0 bridgehead atoms. The summed E-state index contributed by atoms with van der Waals surface area (Å²) in [5, 5.41) is 8.89. The molecule has 0 saturated heterocycles. The quantitative estimate of drug-likeness (QED) is 0.345. The van der Waals surface area contributed by atoms with Crippen LogP contribution in [0, 0.1) is 12.3 Å². The lowest BCUT2D eigenvalue weighted by Gasteiger charge is -2.03. The highest BCUT2D eigenvalue weighted by Crippen LogP contribution is 1.95. The maximum atomic E-state index is 8.89. The second kappa shape index (κ2) is 7.55. The Balaban J connectivity index is 2.97. The third-order valence-electron chi connectivity index (χ3n) is 1.16. The van der Waals surface area contributed by atoms with Gasteiger partial charge in [-0.2, -0.15) is 0 Å². The second-order valence-corrected chi connectivity index (χ2v) is 2.14. The van der Waals surface area contributed by atoms with E-state index in [1.54, 1.807) is 7.11 Å². The molecule has 0 rings (SSSR count). The summed E-state index contributed by atoms with van der Waals surface area (Å²) >= 11 is 0. The lowest BCUT2D eigenvalue weighted by atomic mass is 10.2. The first-order valence-corrected chi connectivity index (χ1v) is 3.52. The van der Waals surface area contributed by atoms with Crippen LogP contribution in [0.3, 0.4) is 0 Å². The van der Waals surface area contributed by atoms with Crippen molar-refractivity contribution in [2.24, 2.45) is 0 Å². The molecule has 0 aromatic heterocycles. The van der Waals surface area contributed by atoms with E-state index in [4.69, 9.17) is 16.3 Å². The van der Waals surface area contributed by atoms with Crippen molar-refractivity contribution in [3.63, 3.8) is 0 Å². The molecule has 0 saturated carbocycles. The highest BCUT2D eigenvalue weighted by Gasteiger charge is 1.96. The van der Waals surface area contributed by atoms with Crippen LogP contribution >= 0.6 is 0 Å². The summed E-state index contributed by atoms with van der Waals surface area (Å²) in [6.07, 6.45) is 5.65. The predicted molar refractivity (Wildman–Crippen MR) is 41.9 cm³/mol. The van der Waals surface area contributed by atoms with Crippen molar-refractivity contribution < 1.29 is 14.6 Å². The van der Waals surface area contributed by atoms with E-state index >= 15 is 0 Å². The van der Waals surface area contributed by atoms with Crippen LogP contribution in [0.2, 0.25) is 0 Å². The SMILES string of the molecule is C#CC(O)CCCOCOC. The summed E-state index contributed by atoms with van der Waals surface area (Å²) in [6.45, 7) is 0.874. The van der Waals surface area contributed by atoms with Crippen LogP contribution in [0.5, 0.6) is 0 Å². The molecule has 1 N–H and O–H groups in total. The fourth-order valence-corrected chi connectivity index (χ4v) is 0.604. The van der Waals surface area contributed by atoms with Gasteiger partial charge in [0.05, 0.1) is 0 Å². The van der Waals surface area contributed by atoms with E-state index in [0.717, 1.165) is 6.42 Å². The summed E-state index contributed by atoms with van der Waals surface area (Å²) in [5.41, 5.74) is 0. The molecule has 0 aromatic carbocycles. The van der Waals surface area contributed by atoms with Crippen LogP contribution in [-0.2, 0) is 9.47 Å². The molecule has 0 aliphatic carbocycles. The van der Waals surface area contributed by atoms with Crippen molar-refractivity contribution in [2.45, 2.75) is 18.9 Å². The van der Waals surface area contributed by atoms with Gasteiger partial charge in [0.2, 0.25) is 0 Å². The van der Waals surface area contributed by atoms with Crippen molar-refractivity contribution in [3.05, 3.63) is 0 Å². The van der Waals surface area contributed by atoms with E-state index < -0.39 is 6.10 Å². The molecule has 0 fully saturated rings. The number of terminal acetylenes is 1. The van der Waals surface area contributed by atoms with Gasteiger partial charge in [0, 0.05) is 13.7 Å². The van der Waals surface area contributed by atoms with Gasteiger partial charge >= 0.3 is 0 Å². The molecule has 1 atom stereocenters. The number of aliphatic hydroxyl groups is 1. The van der Waals surface area contributed by atoms with Gasteiger partial charge in [0.15, 0.2) is 0 Å². The summed E-state index contributed by atoms with van der Waals surface area (Å²) in [5.74, 6) is 2.22. The van der Waals surface area contributed by atoms with Crippen molar-refractivity contribution >= 4 is 0 Å². The molecule has 0 amide bonds. The predicted octanol–water partition coefficient (Wildman–Crippen LogP) is 0.381. The van der Waals surface area contributed by atoms with Gasteiger partial charge in [-0.15, -0.1) is 6.42 Å². The Morgan fingerprint density at radius 1 is 1.64 bits per heavy atom. The van der Waals surface area contributed by atoms with E-state index in [0.29, 0.717) is 19.8 Å². The molecule has 0 heterocycles. The molecule has 0 radical (unpaired) electrons. The number of methoxy groups -OCH3 is 1. The summed E-state index contributed by atoms with van der Waals surface area (Å²) in [6, 6.07) is 0. The molecular formula is C8H14O3. The van der Waals surface area contributed by atoms with Gasteiger partial charge in [-0.05, 0) is 12.8 Å². The van der Waals surface area contributed by atoms with Crippen molar-refractivity contribution in [1.82, 2.24) is 0 Å². The number of hydrogen-bond donors (Lipinski definition) is 1. The topological polar surface area (TPSA) is 38.7 Å². The molecule has 11 heavy (non-hydrogen) atoms. The molecule has 0 aromatic rings. The average Bonchev–Trinajstić information content (AvgIpc) is 2.04. The van der Waals surface area contributed by atoms with Gasteiger partial charge in [-0.3, -0.25) is 0 Å². The van der Waals surface area contributed by atoms with Crippen LogP contribution in [0.4, 0.5) is 0 Å². The van der Waals surface area contributed by atoms with Crippen molar-refractivity contribution in [3.8, 4) is 12.3 Å². The Kier molecular flexibility index (Phi) is 7.16. The average molecular weight is 158 g/mol. The minimum Gasteiger partial charge on any atom is -0.380 e. The van der Waals surface area contributed by atoms with Crippen molar-refractivity contribution in [2.75, 3.05) is 20.5 Å². The zero-order chi connectivity index (χ0) is 8.53.